The van der Waals surface area contributed by atoms with Gasteiger partial charge in [0, 0.05) is 23.7 Å². The van der Waals surface area contributed by atoms with E-state index in [-0.39, 0.29) is 5.56 Å². The number of nitrogens with zero attached hydrogens (tertiary/aromatic N) is 2. The molecule has 0 bridgehead atoms. The molecule has 0 saturated carbocycles. The van der Waals surface area contributed by atoms with Crippen molar-refractivity contribution in [2.45, 2.75) is 33.7 Å². The molecule has 0 aromatic carbocycles. The van der Waals surface area contributed by atoms with Gasteiger partial charge in [-0.25, -0.2) is 0 Å². The maximum Gasteiger partial charge on any atom is 0.249 e. The smallest absolute Gasteiger partial charge is 0.249 e. The van der Waals surface area contributed by atoms with Crippen LogP contribution in [0.15, 0.2) is 10.9 Å². The predicted octanol–water partition coefficient (Wildman–Crippen LogP) is 1.75. The number of rotatable bonds is 2. The molecule has 4 heteroatoms. The van der Waals surface area contributed by atoms with Gasteiger partial charge in [-0.2, -0.15) is 5.10 Å². The fraction of sp³-hybridized carbons (Fsp3) is 0.455. The van der Waals surface area contributed by atoms with Gasteiger partial charge in [0.05, 0.1) is 0 Å². The fourth-order valence-corrected chi connectivity index (χ4v) is 1.96. The molecule has 2 aromatic heterocycles. The summed E-state index contributed by atoms with van der Waals surface area (Å²) in [5.74, 6) is 0. The van der Waals surface area contributed by atoms with E-state index in [1.165, 1.54) is 0 Å². The molecule has 2 aromatic rings. The average Bonchev–Trinajstić information content (AvgIpc) is 2.43. The van der Waals surface area contributed by atoms with Gasteiger partial charge >= 0.3 is 0 Å². The van der Waals surface area contributed by atoms with Crippen LogP contribution in [0, 0.1) is 13.8 Å². The summed E-state index contributed by atoms with van der Waals surface area (Å²) in [6.45, 7) is 6.99. The highest BCUT2D eigenvalue weighted by atomic mass is 16.1. The van der Waals surface area contributed by atoms with Crippen molar-refractivity contribution in [1.82, 2.24) is 14.8 Å². The molecule has 0 saturated heterocycles. The molecule has 0 aliphatic heterocycles. The van der Waals surface area contributed by atoms with Gasteiger partial charge in [0.25, 0.3) is 0 Å². The summed E-state index contributed by atoms with van der Waals surface area (Å²) < 4.78 is 1.95. The lowest BCUT2D eigenvalue weighted by molar-refractivity contribution is 0.592. The molecular formula is C11H15N3O. The normalized spacial score (nSPS) is 11.1. The van der Waals surface area contributed by atoms with Crippen molar-refractivity contribution in [2.24, 2.45) is 0 Å². The van der Waals surface area contributed by atoms with E-state index in [1.54, 1.807) is 6.07 Å². The quantitative estimate of drug-likeness (QED) is 0.812. The molecule has 0 amide bonds. The van der Waals surface area contributed by atoms with Gasteiger partial charge in [0.2, 0.25) is 5.56 Å². The summed E-state index contributed by atoms with van der Waals surface area (Å²) in [5.41, 5.74) is 2.74. The van der Waals surface area contributed by atoms with E-state index < -0.39 is 0 Å². The number of pyridine rings is 1. The number of aromatic nitrogens is 3. The van der Waals surface area contributed by atoms with Crippen molar-refractivity contribution in [3.05, 3.63) is 27.7 Å². The summed E-state index contributed by atoms with van der Waals surface area (Å²) in [5, 5.41) is 5.46. The standard InChI is InChI=1S/C11H15N3O/c1-4-5-14-8(3)10-7(2)6-9(15)12-11(10)13-14/h6H,4-5H2,1-3H3,(H,12,13,15). The monoisotopic (exact) mass is 205 g/mol. The molecule has 0 atom stereocenters. The first kappa shape index (κ1) is 9.96. The summed E-state index contributed by atoms with van der Waals surface area (Å²) in [6.07, 6.45) is 1.04. The van der Waals surface area contributed by atoms with Crippen molar-refractivity contribution in [2.75, 3.05) is 0 Å². The van der Waals surface area contributed by atoms with Gasteiger partial charge in [-0.05, 0) is 25.8 Å². The molecule has 0 aliphatic carbocycles. The van der Waals surface area contributed by atoms with Crippen LogP contribution in [0.25, 0.3) is 11.0 Å². The number of hydrogen-bond donors (Lipinski definition) is 1. The van der Waals surface area contributed by atoms with Gasteiger partial charge in [-0.15, -0.1) is 0 Å². The molecule has 1 N–H and O–H groups in total. The summed E-state index contributed by atoms with van der Waals surface area (Å²) in [4.78, 5) is 14.0. The Labute approximate surface area is 87.9 Å². The van der Waals surface area contributed by atoms with Gasteiger partial charge < -0.3 is 4.98 Å². The Morgan fingerprint density at radius 3 is 2.87 bits per heavy atom. The van der Waals surface area contributed by atoms with Gasteiger partial charge in [-0.1, -0.05) is 6.92 Å². The molecule has 0 radical (unpaired) electrons. The Hall–Kier alpha value is -1.58. The number of nitrogens with one attached hydrogen (secondary N) is 1. The summed E-state index contributed by atoms with van der Waals surface area (Å²) in [7, 11) is 0. The van der Waals surface area contributed by atoms with Crippen molar-refractivity contribution in [3.8, 4) is 0 Å². The maximum absolute atomic E-state index is 11.3. The highest BCUT2D eigenvalue weighted by molar-refractivity contribution is 5.81. The zero-order valence-corrected chi connectivity index (χ0v) is 9.29. The van der Waals surface area contributed by atoms with Crippen LogP contribution >= 0.6 is 0 Å². The van der Waals surface area contributed by atoms with Crippen molar-refractivity contribution in [3.63, 3.8) is 0 Å². The third-order valence-electron chi connectivity index (χ3n) is 2.63. The third kappa shape index (κ3) is 1.56. The van der Waals surface area contributed by atoms with Crippen molar-refractivity contribution >= 4 is 11.0 Å². The van der Waals surface area contributed by atoms with E-state index in [2.05, 4.69) is 17.0 Å². The van der Waals surface area contributed by atoms with Gasteiger partial charge in [0.1, 0.15) is 0 Å². The Kier molecular flexibility index (Phi) is 2.34. The largest absolute Gasteiger partial charge is 0.305 e. The van der Waals surface area contributed by atoms with Crippen LogP contribution in [0.2, 0.25) is 0 Å². The van der Waals surface area contributed by atoms with E-state index in [0.717, 1.165) is 29.6 Å². The lowest BCUT2D eigenvalue weighted by Gasteiger charge is -2.00. The molecular weight excluding hydrogens is 190 g/mol. The number of aromatic amines is 1. The van der Waals surface area contributed by atoms with E-state index in [0.29, 0.717) is 5.65 Å². The van der Waals surface area contributed by atoms with Crippen LogP contribution in [-0.4, -0.2) is 14.8 Å². The van der Waals surface area contributed by atoms with Gasteiger partial charge in [0.15, 0.2) is 5.65 Å². The van der Waals surface area contributed by atoms with Crippen molar-refractivity contribution in [1.29, 1.82) is 0 Å². The average molecular weight is 205 g/mol. The first-order valence-electron chi connectivity index (χ1n) is 5.20. The lowest BCUT2D eigenvalue weighted by Crippen LogP contribution is -2.04. The molecule has 15 heavy (non-hydrogen) atoms. The highest BCUT2D eigenvalue weighted by Crippen LogP contribution is 2.18. The van der Waals surface area contributed by atoms with Crippen LogP contribution in [0.1, 0.15) is 24.6 Å². The molecule has 2 heterocycles. The Morgan fingerprint density at radius 2 is 2.20 bits per heavy atom. The summed E-state index contributed by atoms with van der Waals surface area (Å²) in [6, 6.07) is 1.62. The zero-order valence-electron chi connectivity index (χ0n) is 9.29. The minimum absolute atomic E-state index is 0.0823. The molecule has 2 rings (SSSR count). The first-order chi connectivity index (χ1) is 7.13. The lowest BCUT2D eigenvalue weighted by atomic mass is 10.2. The van der Waals surface area contributed by atoms with Crippen LogP contribution in [0.4, 0.5) is 0 Å². The SMILES string of the molecule is CCCn1nc2[nH]c(=O)cc(C)c2c1C. The molecule has 80 valence electrons. The van der Waals surface area contributed by atoms with Crippen LogP contribution in [0.5, 0.6) is 0 Å². The molecule has 0 aliphatic rings. The number of H-pyrrole nitrogens is 1. The van der Waals surface area contributed by atoms with E-state index in [1.807, 2.05) is 18.5 Å². The third-order valence-corrected chi connectivity index (χ3v) is 2.63. The Balaban J connectivity index is 2.76. The number of fused-ring (bicyclic) bond motifs is 1. The second kappa shape index (κ2) is 3.53. The fourth-order valence-electron chi connectivity index (χ4n) is 1.96. The van der Waals surface area contributed by atoms with E-state index >= 15 is 0 Å². The highest BCUT2D eigenvalue weighted by Gasteiger charge is 2.09. The second-order valence-corrected chi connectivity index (χ2v) is 3.85. The number of aryl methyl sites for hydroxylation is 3. The topological polar surface area (TPSA) is 50.7 Å². The van der Waals surface area contributed by atoms with E-state index in [9.17, 15) is 4.79 Å². The summed E-state index contributed by atoms with van der Waals surface area (Å²) >= 11 is 0. The molecule has 0 unspecified atom stereocenters. The Morgan fingerprint density at radius 1 is 1.47 bits per heavy atom. The predicted molar refractivity (Wildman–Crippen MR) is 60.1 cm³/mol. The minimum atomic E-state index is -0.0823. The van der Waals surface area contributed by atoms with Crippen LogP contribution in [-0.2, 0) is 6.54 Å². The molecule has 0 fully saturated rings. The maximum atomic E-state index is 11.3. The molecule has 4 nitrogen and oxygen atoms in total. The minimum Gasteiger partial charge on any atom is -0.305 e. The van der Waals surface area contributed by atoms with Crippen molar-refractivity contribution < 1.29 is 0 Å². The second-order valence-electron chi connectivity index (χ2n) is 3.85. The Bertz CT molecular complexity index is 551. The molecule has 0 spiro atoms. The first-order valence-corrected chi connectivity index (χ1v) is 5.20. The van der Waals surface area contributed by atoms with E-state index in [4.69, 9.17) is 0 Å². The number of hydrogen-bond acceptors (Lipinski definition) is 2. The zero-order chi connectivity index (χ0) is 11.0. The van der Waals surface area contributed by atoms with Gasteiger partial charge in [-0.3, -0.25) is 9.48 Å². The van der Waals surface area contributed by atoms with Crippen LogP contribution in [0.3, 0.4) is 0 Å². The van der Waals surface area contributed by atoms with Crippen LogP contribution < -0.4 is 5.56 Å².